The minimum atomic E-state index is 0.228. The molecule has 2 atom stereocenters. The summed E-state index contributed by atoms with van der Waals surface area (Å²) >= 11 is 0. The van der Waals surface area contributed by atoms with E-state index in [-0.39, 0.29) is 5.54 Å². The summed E-state index contributed by atoms with van der Waals surface area (Å²) in [5, 5.41) is 3.66. The van der Waals surface area contributed by atoms with Crippen LogP contribution in [-0.4, -0.2) is 60.1 Å². The summed E-state index contributed by atoms with van der Waals surface area (Å²) in [6, 6.07) is 1.44. The van der Waals surface area contributed by atoms with Gasteiger partial charge in [0.05, 0.1) is 0 Å². The Balaban J connectivity index is 2.39. The lowest BCUT2D eigenvalue weighted by Gasteiger charge is -2.42. The first-order valence-corrected chi connectivity index (χ1v) is 8.10. The van der Waals surface area contributed by atoms with Crippen molar-refractivity contribution in [2.75, 3.05) is 32.7 Å². The van der Waals surface area contributed by atoms with Gasteiger partial charge in [0.2, 0.25) is 0 Å². The van der Waals surface area contributed by atoms with Crippen LogP contribution in [0.5, 0.6) is 0 Å². The number of rotatable bonds is 6. The molecule has 1 N–H and O–H groups in total. The Bertz CT molecular complexity index is 239. The van der Waals surface area contributed by atoms with Crippen molar-refractivity contribution >= 4 is 0 Å². The van der Waals surface area contributed by atoms with Gasteiger partial charge in [-0.05, 0) is 40.5 Å². The van der Waals surface area contributed by atoms with E-state index in [0.717, 1.165) is 12.6 Å². The topological polar surface area (TPSA) is 18.5 Å². The van der Waals surface area contributed by atoms with Crippen LogP contribution in [0.15, 0.2) is 0 Å². The van der Waals surface area contributed by atoms with Gasteiger partial charge in [-0.1, -0.05) is 13.8 Å². The maximum Gasteiger partial charge on any atom is 0.0219 e. The van der Waals surface area contributed by atoms with Gasteiger partial charge in [0.25, 0.3) is 0 Å². The fourth-order valence-electron chi connectivity index (χ4n) is 2.76. The van der Waals surface area contributed by atoms with Gasteiger partial charge in [0.15, 0.2) is 0 Å². The minimum Gasteiger partial charge on any atom is -0.311 e. The van der Waals surface area contributed by atoms with Crippen LogP contribution >= 0.6 is 0 Å². The van der Waals surface area contributed by atoms with Crippen molar-refractivity contribution in [3.8, 4) is 0 Å². The monoisotopic (exact) mass is 269 g/mol. The molecule has 0 aliphatic carbocycles. The lowest BCUT2D eigenvalue weighted by molar-refractivity contribution is 0.0686. The molecule has 1 aliphatic heterocycles. The molecule has 19 heavy (non-hydrogen) atoms. The Labute approximate surface area is 120 Å². The molecule has 0 saturated carbocycles. The molecule has 0 aromatic carbocycles. The molecular weight excluding hydrogens is 234 g/mol. The van der Waals surface area contributed by atoms with E-state index in [1.54, 1.807) is 0 Å². The van der Waals surface area contributed by atoms with Crippen LogP contribution in [0, 0.1) is 0 Å². The van der Waals surface area contributed by atoms with E-state index in [0.29, 0.717) is 6.04 Å². The Hall–Kier alpha value is -0.120. The van der Waals surface area contributed by atoms with Crippen LogP contribution in [0.2, 0.25) is 0 Å². The van der Waals surface area contributed by atoms with E-state index in [1.165, 1.54) is 39.0 Å². The van der Waals surface area contributed by atoms with Crippen molar-refractivity contribution in [1.29, 1.82) is 0 Å². The van der Waals surface area contributed by atoms with Crippen molar-refractivity contribution in [1.82, 2.24) is 15.1 Å². The second-order valence-corrected chi connectivity index (χ2v) is 7.02. The molecular formula is C16H35N3. The molecule has 0 bridgehead atoms. The van der Waals surface area contributed by atoms with Crippen LogP contribution in [-0.2, 0) is 0 Å². The molecule has 1 rings (SSSR count). The molecule has 0 spiro atoms. The third kappa shape index (κ3) is 5.80. The highest BCUT2D eigenvalue weighted by atomic mass is 15.3. The standard InChI is InChI=1S/C16H35N3/c1-7-14(3)18-9-11-19(12-10-18)15(8-2)13-17-16(4,5)6/h14-15,17H,7-13H2,1-6H3. The van der Waals surface area contributed by atoms with Crippen molar-refractivity contribution in [3.63, 3.8) is 0 Å². The SMILES string of the molecule is CCC(C)N1CCN(C(CC)CNC(C)(C)C)CC1. The first-order chi connectivity index (χ1) is 8.87. The molecule has 0 aromatic heterocycles. The molecule has 1 saturated heterocycles. The Morgan fingerprint density at radius 1 is 0.947 bits per heavy atom. The van der Waals surface area contributed by atoms with Gasteiger partial charge in [-0.25, -0.2) is 0 Å². The molecule has 0 radical (unpaired) electrons. The molecule has 0 amide bonds. The highest BCUT2D eigenvalue weighted by Crippen LogP contribution is 2.13. The van der Waals surface area contributed by atoms with Crippen LogP contribution in [0.3, 0.4) is 0 Å². The highest BCUT2D eigenvalue weighted by Gasteiger charge is 2.25. The second kappa shape index (κ2) is 7.61. The van der Waals surface area contributed by atoms with E-state index < -0.39 is 0 Å². The zero-order valence-electron chi connectivity index (χ0n) is 14.0. The molecule has 3 nitrogen and oxygen atoms in total. The maximum absolute atomic E-state index is 3.66. The van der Waals surface area contributed by atoms with E-state index in [4.69, 9.17) is 0 Å². The zero-order chi connectivity index (χ0) is 14.5. The van der Waals surface area contributed by atoms with Gasteiger partial charge >= 0.3 is 0 Å². The molecule has 114 valence electrons. The van der Waals surface area contributed by atoms with Crippen molar-refractivity contribution in [2.45, 2.75) is 72.0 Å². The lowest BCUT2D eigenvalue weighted by atomic mass is 10.1. The smallest absolute Gasteiger partial charge is 0.0219 e. The van der Waals surface area contributed by atoms with Gasteiger partial charge in [-0.15, -0.1) is 0 Å². The van der Waals surface area contributed by atoms with Crippen molar-refractivity contribution < 1.29 is 0 Å². The van der Waals surface area contributed by atoms with E-state index in [9.17, 15) is 0 Å². The maximum atomic E-state index is 3.66. The van der Waals surface area contributed by atoms with Gasteiger partial charge in [-0.3, -0.25) is 9.80 Å². The van der Waals surface area contributed by atoms with Crippen molar-refractivity contribution in [3.05, 3.63) is 0 Å². The summed E-state index contributed by atoms with van der Waals surface area (Å²) in [5.41, 5.74) is 0.228. The molecule has 0 aromatic rings. The van der Waals surface area contributed by atoms with Crippen LogP contribution in [0.4, 0.5) is 0 Å². The van der Waals surface area contributed by atoms with Gasteiger partial charge in [-0.2, -0.15) is 0 Å². The summed E-state index contributed by atoms with van der Waals surface area (Å²) in [6.45, 7) is 19.8. The third-order valence-electron chi connectivity index (χ3n) is 4.42. The Morgan fingerprint density at radius 3 is 1.89 bits per heavy atom. The Kier molecular flexibility index (Phi) is 6.78. The van der Waals surface area contributed by atoms with Gasteiger partial charge < -0.3 is 5.32 Å². The average molecular weight is 269 g/mol. The first-order valence-electron chi connectivity index (χ1n) is 8.10. The summed E-state index contributed by atoms with van der Waals surface area (Å²) in [6.07, 6.45) is 2.51. The molecule has 1 heterocycles. The zero-order valence-corrected chi connectivity index (χ0v) is 14.0. The van der Waals surface area contributed by atoms with E-state index in [1.807, 2.05) is 0 Å². The fraction of sp³-hybridized carbons (Fsp3) is 1.00. The van der Waals surface area contributed by atoms with Crippen LogP contribution < -0.4 is 5.32 Å². The molecule has 2 unspecified atom stereocenters. The minimum absolute atomic E-state index is 0.228. The van der Waals surface area contributed by atoms with Crippen molar-refractivity contribution in [2.24, 2.45) is 0 Å². The highest BCUT2D eigenvalue weighted by molar-refractivity contribution is 4.83. The number of nitrogens with one attached hydrogen (secondary N) is 1. The summed E-state index contributed by atoms with van der Waals surface area (Å²) in [5.74, 6) is 0. The number of nitrogens with zero attached hydrogens (tertiary/aromatic N) is 2. The van der Waals surface area contributed by atoms with Gasteiger partial charge in [0.1, 0.15) is 0 Å². The van der Waals surface area contributed by atoms with Crippen LogP contribution in [0.1, 0.15) is 54.4 Å². The summed E-state index contributed by atoms with van der Waals surface area (Å²) < 4.78 is 0. The van der Waals surface area contributed by atoms with E-state index in [2.05, 4.69) is 56.7 Å². The largest absolute Gasteiger partial charge is 0.311 e. The summed E-state index contributed by atoms with van der Waals surface area (Å²) in [4.78, 5) is 5.32. The molecule has 3 heteroatoms. The number of hydrogen-bond acceptors (Lipinski definition) is 3. The van der Waals surface area contributed by atoms with Gasteiger partial charge in [0, 0.05) is 50.3 Å². The first kappa shape index (κ1) is 16.9. The van der Waals surface area contributed by atoms with E-state index >= 15 is 0 Å². The Morgan fingerprint density at radius 2 is 1.47 bits per heavy atom. The number of hydrogen-bond donors (Lipinski definition) is 1. The fourth-order valence-corrected chi connectivity index (χ4v) is 2.76. The predicted octanol–water partition coefficient (Wildman–Crippen LogP) is 2.57. The second-order valence-electron chi connectivity index (χ2n) is 7.02. The van der Waals surface area contributed by atoms with Crippen LogP contribution in [0.25, 0.3) is 0 Å². The number of piperazine rings is 1. The normalized spacial score (nSPS) is 22.4. The predicted molar refractivity (Wildman–Crippen MR) is 84.7 cm³/mol. The quantitative estimate of drug-likeness (QED) is 0.799. The summed E-state index contributed by atoms with van der Waals surface area (Å²) in [7, 11) is 0. The molecule has 1 aliphatic rings. The third-order valence-corrected chi connectivity index (χ3v) is 4.42. The average Bonchev–Trinajstić information content (AvgIpc) is 2.38. The molecule has 1 fully saturated rings. The lowest BCUT2D eigenvalue weighted by Crippen LogP contribution is -2.55.